The van der Waals surface area contributed by atoms with Crippen molar-refractivity contribution in [3.8, 4) is 5.75 Å². The number of rotatable bonds is 8. The number of nitrogens with one attached hydrogen (secondary N) is 2. The third-order valence-corrected chi connectivity index (χ3v) is 4.08. The Morgan fingerprint density at radius 3 is 2.23 bits per heavy atom. The van der Waals surface area contributed by atoms with Crippen LogP contribution in [0.15, 0.2) is 54.6 Å². The summed E-state index contributed by atoms with van der Waals surface area (Å²) < 4.78 is 10.6. The lowest BCUT2D eigenvalue weighted by atomic mass is 10.0. The minimum atomic E-state index is -0.536. The van der Waals surface area contributed by atoms with Crippen LogP contribution in [0.2, 0.25) is 0 Å². The lowest BCUT2D eigenvalue weighted by Crippen LogP contribution is -2.34. The number of benzene rings is 2. The summed E-state index contributed by atoms with van der Waals surface area (Å²) in [5.41, 5.74) is 1.64. The van der Waals surface area contributed by atoms with Gasteiger partial charge in [0.25, 0.3) is 5.91 Å². The van der Waals surface area contributed by atoms with E-state index < -0.39 is 11.7 Å². The molecule has 0 aliphatic heterocycles. The molecule has 0 spiro atoms. The molecule has 6 nitrogen and oxygen atoms in total. The van der Waals surface area contributed by atoms with E-state index in [0.29, 0.717) is 30.8 Å². The Hall–Kier alpha value is -3.28. The molecule has 2 amide bonds. The van der Waals surface area contributed by atoms with Crippen LogP contribution in [0.5, 0.6) is 5.75 Å². The van der Waals surface area contributed by atoms with Gasteiger partial charge in [-0.1, -0.05) is 48.5 Å². The Bertz CT molecular complexity index is 870. The van der Waals surface area contributed by atoms with Crippen LogP contribution in [0.3, 0.4) is 0 Å². The molecule has 0 aliphatic rings. The first-order valence-electron chi connectivity index (χ1n) is 9.95. The number of methoxy groups -OCH3 is 1. The van der Waals surface area contributed by atoms with E-state index in [1.54, 1.807) is 7.11 Å². The van der Waals surface area contributed by atoms with Crippen LogP contribution in [0.1, 0.15) is 38.3 Å². The van der Waals surface area contributed by atoms with E-state index in [0.717, 1.165) is 11.1 Å². The summed E-state index contributed by atoms with van der Waals surface area (Å²) in [7, 11) is 1.60. The van der Waals surface area contributed by atoms with Gasteiger partial charge in [-0.25, -0.2) is 4.79 Å². The topological polar surface area (TPSA) is 76.7 Å². The van der Waals surface area contributed by atoms with E-state index >= 15 is 0 Å². The second-order valence-electron chi connectivity index (χ2n) is 7.70. The number of carbonyl (C=O) groups is 2. The van der Waals surface area contributed by atoms with E-state index in [-0.39, 0.29) is 5.91 Å². The van der Waals surface area contributed by atoms with Crippen LogP contribution in [-0.2, 0) is 9.53 Å². The Kier molecular flexibility index (Phi) is 8.47. The molecule has 0 radical (unpaired) electrons. The largest absolute Gasteiger partial charge is 0.496 e. The lowest BCUT2D eigenvalue weighted by Gasteiger charge is -2.19. The normalized spacial score (nSPS) is 11.5. The Labute approximate surface area is 178 Å². The lowest BCUT2D eigenvalue weighted by molar-refractivity contribution is -0.115. The first-order valence-corrected chi connectivity index (χ1v) is 9.95. The van der Waals surface area contributed by atoms with Crippen molar-refractivity contribution in [1.29, 1.82) is 0 Å². The maximum absolute atomic E-state index is 12.9. The zero-order chi connectivity index (χ0) is 22.0. The maximum Gasteiger partial charge on any atom is 0.407 e. The molecule has 0 bridgehead atoms. The third-order valence-electron chi connectivity index (χ3n) is 4.08. The van der Waals surface area contributed by atoms with Crippen molar-refractivity contribution in [3.63, 3.8) is 0 Å². The van der Waals surface area contributed by atoms with Gasteiger partial charge in [0.05, 0.1) is 7.11 Å². The van der Waals surface area contributed by atoms with E-state index in [2.05, 4.69) is 10.6 Å². The van der Waals surface area contributed by atoms with Crippen LogP contribution in [-0.4, -0.2) is 37.8 Å². The molecule has 2 rings (SSSR count). The van der Waals surface area contributed by atoms with Crippen LogP contribution < -0.4 is 15.4 Å². The van der Waals surface area contributed by atoms with E-state index in [9.17, 15) is 9.59 Å². The first kappa shape index (κ1) is 23.0. The molecule has 2 N–H and O–H groups in total. The standard InChI is InChI=1S/C24H30N2O4/c1-24(2,3)30-23(28)26-16-10-15-25-22(27)20(18-11-6-5-7-12-18)17-19-13-8-9-14-21(19)29-4/h5-9,11-14,17H,10,15-16H2,1-4H3,(H,25,27)(H,26,28)/b20-17+. The fourth-order valence-electron chi connectivity index (χ4n) is 2.73. The van der Waals surface area contributed by atoms with E-state index in [4.69, 9.17) is 9.47 Å². The van der Waals surface area contributed by atoms with Crippen LogP contribution in [0.25, 0.3) is 11.6 Å². The molecular weight excluding hydrogens is 380 g/mol. The zero-order valence-electron chi connectivity index (χ0n) is 18.0. The van der Waals surface area contributed by atoms with Crippen LogP contribution in [0.4, 0.5) is 4.79 Å². The predicted octanol–water partition coefficient (Wildman–Crippen LogP) is 4.27. The molecule has 0 aromatic heterocycles. The fraction of sp³-hybridized carbons (Fsp3) is 0.333. The van der Waals surface area contributed by atoms with Crippen LogP contribution in [0, 0.1) is 0 Å². The molecule has 0 fully saturated rings. The Morgan fingerprint density at radius 2 is 1.57 bits per heavy atom. The van der Waals surface area contributed by atoms with Crippen molar-refractivity contribution in [3.05, 3.63) is 65.7 Å². The molecule has 30 heavy (non-hydrogen) atoms. The summed E-state index contributed by atoms with van der Waals surface area (Å²) in [6.45, 7) is 6.26. The highest BCUT2D eigenvalue weighted by Crippen LogP contribution is 2.24. The summed E-state index contributed by atoms with van der Waals surface area (Å²) in [6.07, 6.45) is 1.94. The van der Waals surface area contributed by atoms with Gasteiger partial charge in [-0.15, -0.1) is 0 Å². The average molecular weight is 411 g/mol. The molecule has 2 aromatic carbocycles. The van der Waals surface area contributed by atoms with Gasteiger partial charge in [0, 0.05) is 24.2 Å². The maximum atomic E-state index is 12.9. The zero-order valence-corrected chi connectivity index (χ0v) is 18.0. The second-order valence-corrected chi connectivity index (χ2v) is 7.70. The molecule has 2 aromatic rings. The Morgan fingerprint density at radius 1 is 0.933 bits per heavy atom. The van der Waals surface area contributed by atoms with Gasteiger partial charge in [0.15, 0.2) is 0 Å². The van der Waals surface area contributed by atoms with Gasteiger partial charge in [-0.2, -0.15) is 0 Å². The van der Waals surface area contributed by atoms with Crippen LogP contribution >= 0.6 is 0 Å². The number of ether oxygens (including phenoxy) is 2. The predicted molar refractivity (Wildman–Crippen MR) is 119 cm³/mol. The van der Waals surface area contributed by atoms with E-state index in [1.807, 2.05) is 81.4 Å². The highest BCUT2D eigenvalue weighted by molar-refractivity contribution is 6.24. The molecular formula is C24H30N2O4. The summed E-state index contributed by atoms with van der Waals surface area (Å²) in [5.74, 6) is 0.504. The van der Waals surface area contributed by atoms with Gasteiger partial charge in [-0.05, 0) is 44.9 Å². The molecule has 0 saturated carbocycles. The first-order chi connectivity index (χ1) is 14.3. The van der Waals surface area contributed by atoms with Crippen molar-refractivity contribution in [1.82, 2.24) is 10.6 Å². The van der Waals surface area contributed by atoms with E-state index in [1.165, 1.54) is 0 Å². The van der Waals surface area contributed by atoms with Gasteiger partial charge >= 0.3 is 6.09 Å². The highest BCUT2D eigenvalue weighted by atomic mass is 16.6. The second kappa shape index (κ2) is 11.0. The summed E-state index contributed by atoms with van der Waals surface area (Å²) in [5, 5.41) is 5.61. The van der Waals surface area contributed by atoms with Crippen molar-refractivity contribution in [2.45, 2.75) is 32.8 Å². The van der Waals surface area contributed by atoms with Crippen molar-refractivity contribution in [2.24, 2.45) is 0 Å². The van der Waals surface area contributed by atoms with Gasteiger partial charge in [0.1, 0.15) is 11.4 Å². The molecule has 6 heteroatoms. The Balaban J connectivity index is 2.01. The van der Waals surface area contributed by atoms with Gasteiger partial charge < -0.3 is 20.1 Å². The minimum Gasteiger partial charge on any atom is -0.496 e. The smallest absolute Gasteiger partial charge is 0.407 e. The third kappa shape index (κ3) is 7.62. The SMILES string of the molecule is COc1ccccc1/C=C(/C(=O)NCCCNC(=O)OC(C)(C)C)c1ccccc1. The van der Waals surface area contributed by atoms with Crippen molar-refractivity contribution >= 4 is 23.6 Å². The van der Waals surface area contributed by atoms with Gasteiger partial charge in [-0.3, -0.25) is 4.79 Å². The molecule has 0 atom stereocenters. The number of hydrogen-bond donors (Lipinski definition) is 2. The monoisotopic (exact) mass is 410 g/mol. The summed E-state index contributed by atoms with van der Waals surface area (Å²) in [6, 6.07) is 17.0. The number of carbonyl (C=O) groups excluding carboxylic acids is 2. The fourth-order valence-corrected chi connectivity index (χ4v) is 2.73. The summed E-state index contributed by atoms with van der Waals surface area (Å²) >= 11 is 0. The van der Waals surface area contributed by atoms with Gasteiger partial charge in [0.2, 0.25) is 0 Å². The number of alkyl carbamates (subject to hydrolysis) is 1. The van der Waals surface area contributed by atoms with Crippen molar-refractivity contribution in [2.75, 3.05) is 20.2 Å². The minimum absolute atomic E-state index is 0.190. The molecule has 160 valence electrons. The number of amides is 2. The molecule has 0 saturated heterocycles. The summed E-state index contributed by atoms with van der Waals surface area (Å²) in [4.78, 5) is 24.6. The number of hydrogen-bond acceptors (Lipinski definition) is 4. The van der Waals surface area contributed by atoms with Crippen molar-refractivity contribution < 1.29 is 19.1 Å². The quantitative estimate of drug-likeness (QED) is 0.387. The molecule has 0 aliphatic carbocycles. The molecule has 0 unspecified atom stereocenters. The number of para-hydroxylation sites is 1. The highest BCUT2D eigenvalue weighted by Gasteiger charge is 2.16. The molecule has 0 heterocycles. The average Bonchev–Trinajstić information content (AvgIpc) is 2.71.